The molecule has 0 radical (unpaired) electrons. The number of hydrazone groups is 1. The van der Waals surface area contributed by atoms with Crippen molar-refractivity contribution in [2.45, 2.75) is 13.8 Å². The van der Waals surface area contributed by atoms with E-state index < -0.39 is 22.5 Å². The Labute approximate surface area is 196 Å². The molecule has 10 heteroatoms. The number of carbonyl (C=O) groups is 1. The summed E-state index contributed by atoms with van der Waals surface area (Å²) in [5, 5.41) is 4.82. The second-order valence-electron chi connectivity index (χ2n) is 7.13. The molecule has 3 aromatic rings. The average Bonchev–Trinajstić information content (AvgIpc) is 3.15. The van der Waals surface area contributed by atoms with E-state index in [1.807, 2.05) is 6.07 Å². The lowest BCUT2D eigenvalue weighted by Crippen LogP contribution is -2.39. The molecule has 1 aromatic heterocycles. The number of para-hydroxylation sites is 1. The Hall–Kier alpha value is -2.81. The number of rotatable bonds is 7. The second kappa shape index (κ2) is 9.77. The fourth-order valence-corrected chi connectivity index (χ4v) is 4.62. The van der Waals surface area contributed by atoms with Crippen molar-refractivity contribution in [3.8, 4) is 11.3 Å². The van der Waals surface area contributed by atoms with Crippen LogP contribution in [0.2, 0.25) is 10.0 Å². The first-order valence-corrected chi connectivity index (χ1v) is 12.1. The van der Waals surface area contributed by atoms with E-state index in [1.165, 1.54) is 6.21 Å². The highest BCUT2D eigenvalue weighted by Crippen LogP contribution is 2.31. The zero-order valence-electron chi connectivity index (χ0n) is 17.6. The Morgan fingerprint density at radius 1 is 1.12 bits per heavy atom. The standard InChI is InChI=1S/C22H21Cl2N3O4S/c1-14-5-4-6-15(2)22(14)27(32(3,29)30)13-21(28)26-25-12-17-8-10-20(31-17)18-9-7-16(23)11-19(18)24/h4-12H,13H2,1-3H3,(H,26,28)/b25-12-. The van der Waals surface area contributed by atoms with Crippen molar-refractivity contribution in [3.63, 3.8) is 0 Å². The van der Waals surface area contributed by atoms with Crippen LogP contribution in [0.4, 0.5) is 5.69 Å². The van der Waals surface area contributed by atoms with Gasteiger partial charge in [0.2, 0.25) is 10.0 Å². The summed E-state index contributed by atoms with van der Waals surface area (Å²) in [6, 6.07) is 13.8. The quantitative estimate of drug-likeness (QED) is 0.378. The van der Waals surface area contributed by atoms with E-state index in [0.717, 1.165) is 21.7 Å². The molecule has 1 N–H and O–H groups in total. The topological polar surface area (TPSA) is 92.0 Å². The molecular formula is C22H21Cl2N3O4S. The van der Waals surface area contributed by atoms with Gasteiger partial charge in [0, 0.05) is 10.6 Å². The third kappa shape index (κ3) is 5.70. The second-order valence-corrected chi connectivity index (χ2v) is 9.88. The summed E-state index contributed by atoms with van der Waals surface area (Å²) in [7, 11) is -3.69. The lowest BCUT2D eigenvalue weighted by molar-refractivity contribution is -0.119. The summed E-state index contributed by atoms with van der Waals surface area (Å²) in [6.07, 6.45) is 2.37. The Morgan fingerprint density at radius 2 is 1.81 bits per heavy atom. The molecule has 0 atom stereocenters. The molecule has 2 aromatic carbocycles. The van der Waals surface area contributed by atoms with Crippen LogP contribution in [0.3, 0.4) is 0 Å². The number of hydrogen-bond acceptors (Lipinski definition) is 5. The Kier molecular flexibility index (Phi) is 7.28. The molecule has 0 aliphatic heterocycles. The number of aryl methyl sites for hydroxylation is 2. The fourth-order valence-electron chi connectivity index (χ4n) is 3.15. The smallest absolute Gasteiger partial charge is 0.260 e. The van der Waals surface area contributed by atoms with Crippen LogP contribution < -0.4 is 9.73 Å². The van der Waals surface area contributed by atoms with Crippen LogP contribution in [-0.2, 0) is 14.8 Å². The Morgan fingerprint density at radius 3 is 2.44 bits per heavy atom. The average molecular weight is 494 g/mol. The van der Waals surface area contributed by atoms with Gasteiger partial charge in [-0.05, 0) is 55.3 Å². The van der Waals surface area contributed by atoms with E-state index >= 15 is 0 Å². The summed E-state index contributed by atoms with van der Waals surface area (Å²) in [5.74, 6) is 0.292. The van der Waals surface area contributed by atoms with E-state index in [4.69, 9.17) is 27.6 Å². The maximum Gasteiger partial charge on any atom is 0.260 e. The first-order chi connectivity index (χ1) is 15.1. The van der Waals surface area contributed by atoms with Gasteiger partial charge < -0.3 is 4.42 Å². The van der Waals surface area contributed by atoms with Crippen LogP contribution in [0.15, 0.2) is 58.0 Å². The number of nitrogens with zero attached hydrogens (tertiary/aromatic N) is 2. The zero-order chi connectivity index (χ0) is 23.5. The number of nitrogens with one attached hydrogen (secondary N) is 1. The van der Waals surface area contributed by atoms with Gasteiger partial charge in [-0.3, -0.25) is 9.10 Å². The van der Waals surface area contributed by atoms with Crippen LogP contribution >= 0.6 is 23.2 Å². The predicted octanol–water partition coefficient (Wildman–Crippen LogP) is 4.79. The van der Waals surface area contributed by atoms with Gasteiger partial charge in [-0.2, -0.15) is 5.10 Å². The number of anilines is 1. The molecule has 168 valence electrons. The van der Waals surface area contributed by atoms with Crippen LogP contribution in [0.5, 0.6) is 0 Å². The number of amides is 1. The number of furan rings is 1. The minimum absolute atomic E-state index is 0.376. The minimum Gasteiger partial charge on any atom is -0.455 e. The first-order valence-electron chi connectivity index (χ1n) is 9.47. The lowest BCUT2D eigenvalue weighted by atomic mass is 10.1. The molecule has 1 heterocycles. The number of carbonyl (C=O) groups excluding carboxylic acids is 1. The summed E-state index contributed by atoms with van der Waals surface area (Å²) in [5.41, 5.74) is 4.96. The molecule has 0 bridgehead atoms. The number of benzene rings is 2. The third-order valence-electron chi connectivity index (χ3n) is 4.58. The van der Waals surface area contributed by atoms with E-state index in [0.29, 0.717) is 32.8 Å². The van der Waals surface area contributed by atoms with Gasteiger partial charge in [0.1, 0.15) is 18.1 Å². The molecule has 32 heavy (non-hydrogen) atoms. The number of hydrogen-bond donors (Lipinski definition) is 1. The minimum atomic E-state index is -3.69. The van der Waals surface area contributed by atoms with Crippen molar-refractivity contribution in [1.82, 2.24) is 5.43 Å². The molecule has 7 nitrogen and oxygen atoms in total. The van der Waals surface area contributed by atoms with Gasteiger partial charge >= 0.3 is 0 Å². The highest BCUT2D eigenvalue weighted by atomic mass is 35.5. The highest BCUT2D eigenvalue weighted by molar-refractivity contribution is 7.92. The predicted molar refractivity (Wildman–Crippen MR) is 128 cm³/mol. The van der Waals surface area contributed by atoms with Crippen molar-refractivity contribution < 1.29 is 17.6 Å². The van der Waals surface area contributed by atoms with Gasteiger partial charge in [0.05, 0.1) is 23.2 Å². The summed E-state index contributed by atoms with van der Waals surface area (Å²) in [6.45, 7) is 3.17. The monoisotopic (exact) mass is 493 g/mol. The van der Waals surface area contributed by atoms with E-state index in [-0.39, 0.29) is 0 Å². The fraction of sp³-hybridized carbons (Fsp3) is 0.182. The van der Waals surface area contributed by atoms with Gasteiger partial charge in [0.15, 0.2) is 0 Å². The van der Waals surface area contributed by atoms with Crippen LogP contribution in [0.1, 0.15) is 16.9 Å². The molecule has 0 fully saturated rings. The van der Waals surface area contributed by atoms with Gasteiger partial charge in [-0.15, -0.1) is 0 Å². The molecule has 3 rings (SSSR count). The van der Waals surface area contributed by atoms with Crippen molar-refractivity contribution >= 4 is 51.0 Å². The molecule has 0 aliphatic carbocycles. The number of sulfonamides is 1. The van der Waals surface area contributed by atoms with E-state index in [1.54, 1.807) is 56.3 Å². The van der Waals surface area contributed by atoms with Crippen molar-refractivity contribution in [1.29, 1.82) is 0 Å². The molecule has 0 saturated carbocycles. The van der Waals surface area contributed by atoms with Crippen LogP contribution in [-0.4, -0.2) is 33.3 Å². The largest absolute Gasteiger partial charge is 0.455 e. The first kappa shape index (κ1) is 23.8. The summed E-state index contributed by atoms with van der Waals surface area (Å²) < 4.78 is 31.4. The zero-order valence-corrected chi connectivity index (χ0v) is 19.9. The Balaban J connectivity index is 1.70. The third-order valence-corrected chi connectivity index (χ3v) is 6.24. The normalized spacial score (nSPS) is 11.7. The summed E-state index contributed by atoms with van der Waals surface area (Å²) >= 11 is 12.1. The molecule has 0 saturated heterocycles. The maximum atomic E-state index is 12.4. The maximum absolute atomic E-state index is 12.4. The Bertz CT molecular complexity index is 1270. The number of halogens is 2. The molecule has 0 aliphatic rings. The molecule has 0 spiro atoms. The highest BCUT2D eigenvalue weighted by Gasteiger charge is 2.23. The SMILES string of the molecule is Cc1cccc(C)c1N(CC(=O)N/N=C\c1ccc(-c2ccc(Cl)cc2Cl)o1)S(C)(=O)=O. The molecule has 1 amide bonds. The van der Waals surface area contributed by atoms with E-state index in [9.17, 15) is 13.2 Å². The molecule has 0 unspecified atom stereocenters. The summed E-state index contributed by atoms with van der Waals surface area (Å²) in [4.78, 5) is 12.4. The van der Waals surface area contributed by atoms with Crippen molar-refractivity contribution in [2.24, 2.45) is 5.10 Å². The van der Waals surface area contributed by atoms with Crippen LogP contribution in [0.25, 0.3) is 11.3 Å². The molecular weight excluding hydrogens is 473 g/mol. The van der Waals surface area contributed by atoms with Gasteiger partial charge in [-0.25, -0.2) is 13.8 Å². The van der Waals surface area contributed by atoms with Crippen molar-refractivity contribution in [2.75, 3.05) is 17.1 Å². The van der Waals surface area contributed by atoms with Crippen LogP contribution in [0, 0.1) is 13.8 Å². The van der Waals surface area contributed by atoms with E-state index in [2.05, 4.69) is 10.5 Å². The van der Waals surface area contributed by atoms with Gasteiger partial charge in [-0.1, -0.05) is 41.4 Å². The lowest BCUT2D eigenvalue weighted by Gasteiger charge is -2.25. The van der Waals surface area contributed by atoms with Gasteiger partial charge in [0.25, 0.3) is 5.91 Å². The van der Waals surface area contributed by atoms with Crippen molar-refractivity contribution in [3.05, 3.63) is 75.5 Å².